The summed E-state index contributed by atoms with van der Waals surface area (Å²) in [5.74, 6) is 1.04. The van der Waals surface area contributed by atoms with E-state index in [-0.39, 0.29) is 11.9 Å². The normalized spacial score (nSPS) is 15.4. The fraction of sp³-hybridized carbons (Fsp3) is 0.619. The monoisotopic (exact) mass is 392 g/mol. The van der Waals surface area contributed by atoms with Gasteiger partial charge in [0.25, 0.3) is 0 Å². The van der Waals surface area contributed by atoms with Gasteiger partial charge in [-0.1, -0.05) is 13.3 Å². The summed E-state index contributed by atoms with van der Waals surface area (Å²) >= 11 is 0. The van der Waals surface area contributed by atoms with Gasteiger partial charge in [0.15, 0.2) is 11.5 Å². The Morgan fingerprint density at radius 3 is 2.36 bits per heavy atom. The van der Waals surface area contributed by atoms with Crippen molar-refractivity contribution in [2.75, 3.05) is 27.4 Å². The highest BCUT2D eigenvalue weighted by Crippen LogP contribution is 2.33. The molecule has 1 aliphatic rings. The van der Waals surface area contributed by atoms with E-state index in [1.54, 1.807) is 28.1 Å². The maximum Gasteiger partial charge on any atom is 0.323 e. The third-order valence-electron chi connectivity index (χ3n) is 5.00. The van der Waals surface area contributed by atoms with Gasteiger partial charge in [-0.25, -0.2) is 0 Å². The lowest BCUT2D eigenvalue weighted by Gasteiger charge is -2.32. The minimum atomic E-state index is -0.470. The van der Waals surface area contributed by atoms with E-state index in [9.17, 15) is 9.59 Å². The summed E-state index contributed by atoms with van der Waals surface area (Å²) in [6.07, 6.45) is 2.22. The van der Waals surface area contributed by atoms with Crippen LogP contribution in [0.1, 0.15) is 44.7 Å². The maximum absolute atomic E-state index is 13.0. The molecule has 7 heteroatoms. The maximum atomic E-state index is 13.0. The minimum absolute atomic E-state index is 0.0224. The molecule has 2 atom stereocenters. The molecule has 1 aromatic rings. The summed E-state index contributed by atoms with van der Waals surface area (Å²) in [5.41, 5.74) is 2.22. The first-order valence-electron chi connectivity index (χ1n) is 9.90. The summed E-state index contributed by atoms with van der Waals surface area (Å²) < 4.78 is 15.9. The zero-order chi connectivity index (χ0) is 20.7. The van der Waals surface area contributed by atoms with Crippen LogP contribution in [0.5, 0.6) is 11.5 Å². The number of fused-ring (bicyclic) bond motifs is 1. The third kappa shape index (κ3) is 5.16. The Kier molecular flexibility index (Phi) is 8.11. The average Bonchev–Trinajstić information content (AvgIpc) is 2.71. The highest BCUT2D eigenvalue weighted by molar-refractivity contribution is 5.83. The molecule has 156 valence electrons. The van der Waals surface area contributed by atoms with E-state index in [0.29, 0.717) is 37.6 Å². The Labute approximate surface area is 167 Å². The van der Waals surface area contributed by atoms with Crippen LogP contribution in [0, 0.1) is 0 Å². The van der Waals surface area contributed by atoms with Crippen LogP contribution in [0.3, 0.4) is 0 Å². The van der Waals surface area contributed by atoms with Crippen molar-refractivity contribution in [2.24, 2.45) is 0 Å². The number of nitrogens with zero attached hydrogens (tertiary/aromatic N) is 1. The van der Waals surface area contributed by atoms with Crippen LogP contribution in [0.25, 0.3) is 0 Å². The Balaban J connectivity index is 2.07. The van der Waals surface area contributed by atoms with Crippen molar-refractivity contribution in [3.8, 4) is 11.5 Å². The molecular weight excluding hydrogens is 360 g/mol. The largest absolute Gasteiger partial charge is 0.493 e. The van der Waals surface area contributed by atoms with Gasteiger partial charge in [0.1, 0.15) is 6.04 Å². The van der Waals surface area contributed by atoms with Crippen molar-refractivity contribution in [3.05, 3.63) is 23.3 Å². The number of benzene rings is 1. The van der Waals surface area contributed by atoms with E-state index in [1.165, 1.54) is 0 Å². The molecule has 1 heterocycles. The van der Waals surface area contributed by atoms with E-state index < -0.39 is 12.1 Å². The van der Waals surface area contributed by atoms with Crippen molar-refractivity contribution in [1.82, 2.24) is 10.2 Å². The van der Waals surface area contributed by atoms with Crippen LogP contribution in [-0.2, 0) is 27.3 Å². The zero-order valence-corrected chi connectivity index (χ0v) is 17.5. The van der Waals surface area contributed by atoms with Crippen molar-refractivity contribution in [3.63, 3.8) is 0 Å². The molecule has 2 rings (SSSR count). The molecule has 28 heavy (non-hydrogen) atoms. The molecule has 0 fully saturated rings. The lowest BCUT2D eigenvalue weighted by molar-refractivity contribution is -0.146. The number of esters is 1. The quantitative estimate of drug-likeness (QED) is 0.650. The van der Waals surface area contributed by atoms with Gasteiger partial charge in [0.05, 0.1) is 26.9 Å². The number of methoxy groups -OCH3 is 2. The topological polar surface area (TPSA) is 77.1 Å². The SMILES string of the molecule is CCCC(NC(C)C(=O)N1CCc2cc(OC)c(OC)cc2C1)C(=O)OCC. The molecule has 1 aromatic carbocycles. The highest BCUT2D eigenvalue weighted by atomic mass is 16.5. The molecule has 0 bridgehead atoms. The summed E-state index contributed by atoms with van der Waals surface area (Å²) in [6.45, 7) is 7.06. The number of ether oxygens (including phenoxy) is 3. The van der Waals surface area contributed by atoms with Crippen LogP contribution in [0.4, 0.5) is 0 Å². The molecular formula is C21H32N2O5. The van der Waals surface area contributed by atoms with Gasteiger partial charge >= 0.3 is 5.97 Å². The first-order chi connectivity index (χ1) is 13.4. The van der Waals surface area contributed by atoms with Crippen LogP contribution < -0.4 is 14.8 Å². The molecule has 1 N–H and O–H groups in total. The number of rotatable bonds is 9. The van der Waals surface area contributed by atoms with E-state index in [1.807, 2.05) is 24.0 Å². The molecule has 0 aromatic heterocycles. The van der Waals surface area contributed by atoms with Crippen LogP contribution >= 0.6 is 0 Å². The van der Waals surface area contributed by atoms with Gasteiger partial charge in [-0.05, 0) is 49.9 Å². The number of carbonyl (C=O) groups excluding carboxylic acids is 2. The zero-order valence-electron chi connectivity index (χ0n) is 17.5. The fourth-order valence-electron chi connectivity index (χ4n) is 3.52. The first kappa shape index (κ1) is 22.0. The number of amides is 1. The van der Waals surface area contributed by atoms with E-state index >= 15 is 0 Å². The molecule has 0 saturated carbocycles. The van der Waals surface area contributed by atoms with Crippen molar-refractivity contribution >= 4 is 11.9 Å². The van der Waals surface area contributed by atoms with E-state index in [4.69, 9.17) is 14.2 Å². The number of carbonyl (C=O) groups is 2. The second-order valence-electron chi connectivity index (χ2n) is 6.97. The lowest BCUT2D eigenvalue weighted by Crippen LogP contribution is -2.51. The Morgan fingerprint density at radius 1 is 1.14 bits per heavy atom. The Hall–Kier alpha value is -2.28. The molecule has 0 spiro atoms. The first-order valence-corrected chi connectivity index (χ1v) is 9.90. The van der Waals surface area contributed by atoms with Gasteiger partial charge in [0, 0.05) is 13.1 Å². The van der Waals surface area contributed by atoms with Gasteiger partial charge < -0.3 is 19.1 Å². The van der Waals surface area contributed by atoms with E-state index in [0.717, 1.165) is 24.0 Å². The molecule has 0 aliphatic carbocycles. The number of hydrogen-bond acceptors (Lipinski definition) is 6. The average molecular weight is 392 g/mol. The van der Waals surface area contributed by atoms with Gasteiger partial charge in [0.2, 0.25) is 5.91 Å². The Morgan fingerprint density at radius 2 is 1.79 bits per heavy atom. The molecule has 0 saturated heterocycles. The predicted octanol–water partition coefficient (Wildman–Crippen LogP) is 2.30. The van der Waals surface area contributed by atoms with Crippen molar-refractivity contribution in [1.29, 1.82) is 0 Å². The van der Waals surface area contributed by atoms with Gasteiger partial charge in [-0.15, -0.1) is 0 Å². The molecule has 1 amide bonds. The van der Waals surface area contributed by atoms with Gasteiger partial charge in [-0.3, -0.25) is 14.9 Å². The molecule has 7 nitrogen and oxygen atoms in total. The standard InChI is InChI=1S/C21H32N2O5/c1-6-8-17(21(25)28-7-2)22-14(3)20(24)23-10-9-15-11-18(26-4)19(27-5)12-16(15)13-23/h11-12,14,17,22H,6-10,13H2,1-5H3. The van der Waals surface area contributed by atoms with Crippen LogP contribution in [0.2, 0.25) is 0 Å². The highest BCUT2D eigenvalue weighted by Gasteiger charge is 2.29. The summed E-state index contributed by atoms with van der Waals surface area (Å²) in [5, 5.41) is 3.15. The molecule has 2 unspecified atom stereocenters. The molecule has 0 radical (unpaired) electrons. The number of nitrogens with one attached hydrogen (secondary N) is 1. The summed E-state index contributed by atoms with van der Waals surface area (Å²) in [6, 6.07) is 2.98. The van der Waals surface area contributed by atoms with Gasteiger partial charge in [-0.2, -0.15) is 0 Å². The minimum Gasteiger partial charge on any atom is -0.493 e. The molecule has 1 aliphatic heterocycles. The summed E-state index contributed by atoms with van der Waals surface area (Å²) in [4.78, 5) is 26.9. The number of hydrogen-bond donors (Lipinski definition) is 1. The smallest absolute Gasteiger partial charge is 0.323 e. The second kappa shape index (κ2) is 10.3. The Bertz CT molecular complexity index is 692. The third-order valence-corrected chi connectivity index (χ3v) is 5.00. The summed E-state index contributed by atoms with van der Waals surface area (Å²) in [7, 11) is 3.22. The van der Waals surface area contributed by atoms with Crippen LogP contribution in [0.15, 0.2) is 12.1 Å². The van der Waals surface area contributed by atoms with Crippen molar-refractivity contribution < 1.29 is 23.8 Å². The fourth-order valence-corrected chi connectivity index (χ4v) is 3.52. The predicted molar refractivity (Wildman–Crippen MR) is 107 cm³/mol. The van der Waals surface area contributed by atoms with E-state index in [2.05, 4.69) is 5.32 Å². The van der Waals surface area contributed by atoms with Crippen LogP contribution in [-0.4, -0.2) is 56.2 Å². The lowest BCUT2D eigenvalue weighted by atomic mass is 9.98. The second-order valence-corrected chi connectivity index (χ2v) is 6.97. The van der Waals surface area contributed by atoms with Crippen molar-refractivity contribution in [2.45, 2.75) is 58.7 Å².